The zero-order valence-electron chi connectivity index (χ0n) is 21.0. The Morgan fingerprint density at radius 2 is 1.65 bits per heavy atom. The van der Waals surface area contributed by atoms with Crippen LogP contribution in [-0.2, 0) is 15.7 Å². The second-order valence-corrected chi connectivity index (χ2v) is 11.8. The van der Waals surface area contributed by atoms with Crippen molar-refractivity contribution >= 4 is 35.2 Å². The predicted molar refractivity (Wildman–Crippen MR) is 136 cm³/mol. The molecule has 0 radical (unpaired) electrons. The van der Waals surface area contributed by atoms with Gasteiger partial charge >= 0.3 is 13.2 Å². The van der Waals surface area contributed by atoms with E-state index in [0.717, 1.165) is 10.3 Å². The molecule has 2 amide bonds. The number of nitrogens with zero attached hydrogens (tertiary/aromatic N) is 1. The summed E-state index contributed by atoms with van der Waals surface area (Å²) in [6.07, 6.45) is -0.499. The van der Waals surface area contributed by atoms with Crippen molar-refractivity contribution in [2.75, 3.05) is 6.54 Å². The lowest BCUT2D eigenvalue weighted by molar-refractivity contribution is 0.00578. The lowest BCUT2D eigenvalue weighted by Gasteiger charge is -2.36. The van der Waals surface area contributed by atoms with Crippen LogP contribution < -0.4 is 10.1 Å². The highest BCUT2D eigenvalue weighted by atomic mass is 32.1. The molecule has 7 nitrogen and oxygen atoms in total. The van der Waals surface area contributed by atoms with Gasteiger partial charge < -0.3 is 24.6 Å². The minimum Gasteiger partial charge on any atom is -0.465 e. The molecule has 1 aromatic heterocycles. The largest absolute Gasteiger partial charge is 0.505 e. The molecule has 1 fully saturated rings. The fourth-order valence-corrected chi connectivity index (χ4v) is 4.61. The normalized spacial score (nSPS) is 17.9. The van der Waals surface area contributed by atoms with E-state index in [1.54, 1.807) is 6.07 Å². The summed E-state index contributed by atoms with van der Waals surface area (Å²) in [5, 5.41) is 12.8. The third-order valence-corrected chi connectivity index (χ3v) is 7.55. The van der Waals surface area contributed by atoms with E-state index in [-0.39, 0.29) is 12.5 Å². The second kappa shape index (κ2) is 9.72. The number of rotatable bonds is 7. The van der Waals surface area contributed by atoms with E-state index in [1.807, 2.05) is 84.9 Å². The maximum Gasteiger partial charge on any atom is 0.505 e. The minimum atomic E-state index is -1.01. The second-order valence-electron chi connectivity index (χ2n) is 10.7. The predicted octanol–water partition coefficient (Wildman–Crippen LogP) is 4.17. The van der Waals surface area contributed by atoms with Crippen LogP contribution in [0.15, 0.2) is 42.5 Å². The molecule has 184 valence electrons. The molecule has 0 bridgehead atoms. The Bertz CT molecular complexity index is 1000. The molecular formula is C25H35BN2O5S. The highest BCUT2D eigenvalue weighted by Crippen LogP contribution is 2.37. The SMILES string of the molecule is CC(C)(C)N(CC(Cc1ccccc1)NC(=O)c1ccc(B2OC(C)(C)C(C)(C)O2)s1)C(=O)O. The first-order valence-corrected chi connectivity index (χ1v) is 12.3. The number of carbonyl (C=O) groups is 2. The highest BCUT2D eigenvalue weighted by Gasteiger charge is 2.52. The van der Waals surface area contributed by atoms with Crippen molar-refractivity contribution in [1.29, 1.82) is 0 Å². The van der Waals surface area contributed by atoms with E-state index in [4.69, 9.17) is 9.31 Å². The molecule has 1 unspecified atom stereocenters. The third-order valence-electron chi connectivity index (χ3n) is 6.44. The van der Waals surface area contributed by atoms with Gasteiger partial charge in [0.15, 0.2) is 0 Å². The summed E-state index contributed by atoms with van der Waals surface area (Å²) in [7, 11) is -0.528. The van der Waals surface area contributed by atoms with Crippen LogP contribution in [0.5, 0.6) is 0 Å². The van der Waals surface area contributed by atoms with Gasteiger partial charge in [-0.3, -0.25) is 4.79 Å². The van der Waals surface area contributed by atoms with Crippen LogP contribution in [0.25, 0.3) is 0 Å². The Morgan fingerprint density at radius 3 is 2.18 bits per heavy atom. The van der Waals surface area contributed by atoms with E-state index in [1.165, 1.54) is 16.2 Å². The van der Waals surface area contributed by atoms with Gasteiger partial charge in [0.25, 0.3) is 5.91 Å². The van der Waals surface area contributed by atoms with E-state index in [0.29, 0.717) is 11.3 Å². The van der Waals surface area contributed by atoms with E-state index >= 15 is 0 Å². The molecule has 2 N–H and O–H groups in total. The van der Waals surface area contributed by atoms with Crippen molar-refractivity contribution in [2.24, 2.45) is 0 Å². The zero-order chi connectivity index (χ0) is 25.3. The van der Waals surface area contributed by atoms with Gasteiger partial charge in [0.1, 0.15) is 0 Å². The third kappa shape index (κ3) is 6.01. The molecule has 34 heavy (non-hydrogen) atoms. The Labute approximate surface area is 206 Å². The average Bonchev–Trinajstić information content (AvgIpc) is 3.28. The molecule has 1 aromatic carbocycles. The van der Waals surface area contributed by atoms with Crippen LogP contribution in [0, 0.1) is 0 Å². The summed E-state index contributed by atoms with van der Waals surface area (Å²) in [4.78, 5) is 27.0. The zero-order valence-corrected chi connectivity index (χ0v) is 21.9. The standard InChI is InChI=1S/C25H35BN2O5S/c1-23(2,3)28(22(30)31)16-18(15-17-11-9-8-10-12-17)27-21(29)19-13-14-20(34-19)26-32-24(4,5)25(6,7)33-26/h8-14,18H,15-16H2,1-7H3,(H,27,29)(H,30,31). The first-order chi connectivity index (χ1) is 15.7. The molecular weight excluding hydrogens is 451 g/mol. The Hall–Kier alpha value is -2.36. The summed E-state index contributed by atoms with van der Waals surface area (Å²) in [6.45, 7) is 13.7. The lowest BCUT2D eigenvalue weighted by atomic mass is 9.88. The van der Waals surface area contributed by atoms with Crippen LogP contribution >= 0.6 is 11.3 Å². The molecule has 0 spiro atoms. The average molecular weight is 486 g/mol. The topological polar surface area (TPSA) is 88.1 Å². The fraction of sp³-hybridized carbons (Fsp3) is 0.520. The molecule has 2 heterocycles. The summed E-state index contributed by atoms with van der Waals surface area (Å²) >= 11 is 1.33. The van der Waals surface area contributed by atoms with E-state index in [9.17, 15) is 14.7 Å². The van der Waals surface area contributed by atoms with Crippen LogP contribution in [0.3, 0.4) is 0 Å². The molecule has 9 heteroatoms. The van der Waals surface area contributed by atoms with Crippen molar-refractivity contribution in [1.82, 2.24) is 10.2 Å². The number of thiophene rings is 1. The van der Waals surface area contributed by atoms with Gasteiger partial charge in [-0.1, -0.05) is 36.4 Å². The first kappa shape index (κ1) is 26.3. The quantitative estimate of drug-likeness (QED) is 0.574. The number of carboxylic acid groups (broad SMARTS) is 1. The van der Waals surface area contributed by atoms with Gasteiger partial charge in [-0.05, 0) is 66.5 Å². The molecule has 1 atom stereocenters. The minimum absolute atomic E-state index is 0.176. The first-order valence-electron chi connectivity index (χ1n) is 11.5. The Balaban J connectivity index is 1.77. The summed E-state index contributed by atoms with van der Waals surface area (Å²) < 4.78 is 13.0. The number of nitrogens with one attached hydrogen (secondary N) is 1. The number of benzene rings is 1. The summed E-state index contributed by atoms with van der Waals surface area (Å²) in [5.74, 6) is -0.243. The summed E-state index contributed by atoms with van der Waals surface area (Å²) in [5.41, 5.74) is -0.495. The van der Waals surface area contributed by atoms with Gasteiger partial charge in [-0.2, -0.15) is 0 Å². The monoisotopic (exact) mass is 486 g/mol. The van der Waals surface area contributed by atoms with Crippen molar-refractivity contribution in [3.63, 3.8) is 0 Å². The van der Waals surface area contributed by atoms with Gasteiger partial charge in [0.05, 0.1) is 22.1 Å². The number of hydrogen-bond acceptors (Lipinski definition) is 5. The van der Waals surface area contributed by atoms with E-state index in [2.05, 4.69) is 5.32 Å². The molecule has 2 aromatic rings. The molecule has 3 rings (SSSR count). The van der Waals surface area contributed by atoms with Gasteiger partial charge in [-0.15, -0.1) is 11.3 Å². The number of carbonyl (C=O) groups excluding carboxylic acids is 1. The lowest BCUT2D eigenvalue weighted by Crippen LogP contribution is -2.53. The molecule has 1 aliphatic rings. The highest BCUT2D eigenvalue weighted by molar-refractivity contribution is 7.23. The number of amides is 2. The maximum absolute atomic E-state index is 13.2. The van der Waals surface area contributed by atoms with Crippen molar-refractivity contribution in [2.45, 2.75) is 77.7 Å². The van der Waals surface area contributed by atoms with E-state index < -0.39 is 36.0 Å². The fourth-order valence-electron chi connectivity index (χ4n) is 3.74. The van der Waals surface area contributed by atoms with Crippen LogP contribution in [0.4, 0.5) is 4.79 Å². The van der Waals surface area contributed by atoms with Gasteiger partial charge in [-0.25, -0.2) is 4.79 Å². The smallest absolute Gasteiger partial charge is 0.465 e. The van der Waals surface area contributed by atoms with Crippen LogP contribution in [0.1, 0.15) is 63.7 Å². The van der Waals surface area contributed by atoms with Crippen molar-refractivity contribution in [3.05, 3.63) is 52.9 Å². The maximum atomic E-state index is 13.2. The van der Waals surface area contributed by atoms with Gasteiger partial charge in [0, 0.05) is 16.9 Å². The molecule has 1 saturated heterocycles. The molecule has 0 saturated carbocycles. The van der Waals surface area contributed by atoms with Gasteiger partial charge in [0.2, 0.25) is 0 Å². The molecule has 1 aliphatic heterocycles. The molecule has 0 aliphatic carbocycles. The Kier molecular flexibility index (Phi) is 7.50. The Morgan fingerprint density at radius 1 is 1.06 bits per heavy atom. The van der Waals surface area contributed by atoms with Crippen LogP contribution in [0.2, 0.25) is 0 Å². The van der Waals surface area contributed by atoms with Crippen molar-refractivity contribution < 1.29 is 24.0 Å². The van der Waals surface area contributed by atoms with Crippen molar-refractivity contribution in [3.8, 4) is 0 Å². The number of hydrogen-bond donors (Lipinski definition) is 2. The summed E-state index contributed by atoms with van der Waals surface area (Å²) in [6, 6.07) is 13.0. The van der Waals surface area contributed by atoms with Crippen LogP contribution in [-0.4, -0.2) is 58.5 Å².